The lowest BCUT2D eigenvalue weighted by Gasteiger charge is -2.12. The van der Waals surface area contributed by atoms with E-state index < -0.39 is 39.2 Å². The van der Waals surface area contributed by atoms with Crippen molar-refractivity contribution in [3.8, 4) is 11.5 Å². The molecule has 162 valence electrons. The van der Waals surface area contributed by atoms with E-state index in [1.165, 1.54) is 12.1 Å². The molecule has 1 fully saturated rings. The van der Waals surface area contributed by atoms with E-state index >= 15 is 0 Å². The molecule has 2 aromatic rings. The van der Waals surface area contributed by atoms with Crippen LogP contribution in [-0.4, -0.2) is 27.5 Å². The van der Waals surface area contributed by atoms with Gasteiger partial charge in [-0.15, -0.1) is 0 Å². The van der Waals surface area contributed by atoms with Gasteiger partial charge in [-0.1, -0.05) is 15.9 Å². The fourth-order valence-corrected chi connectivity index (χ4v) is 3.95. The van der Waals surface area contributed by atoms with Crippen LogP contribution in [0.1, 0.15) is 18.1 Å². The number of likely N-dealkylation sites (N-methyl/N-ethyl adjacent to an activating group) is 1. The summed E-state index contributed by atoms with van der Waals surface area (Å²) in [6, 6.07) is 6.46. The molecule has 2 aromatic carbocycles. The summed E-state index contributed by atoms with van der Waals surface area (Å²) in [5.41, 5.74) is -1.75. The van der Waals surface area contributed by atoms with E-state index in [-0.39, 0.29) is 17.2 Å². The van der Waals surface area contributed by atoms with Crippen LogP contribution in [0.25, 0.3) is 6.08 Å². The average molecular weight is 517 g/mol. The minimum absolute atomic E-state index is 0.0503. The first kappa shape index (κ1) is 22.8. The van der Waals surface area contributed by atoms with Gasteiger partial charge in [0.1, 0.15) is 5.75 Å². The Bertz CT molecular complexity index is 1120. The molecular formula is C19H12BrF3N2O5S. The molecule has 0 unspecified atom stereocenters. The lowest BCUT2D eigenvalue weighted by Crippen LogP contribution is -2.27. The van der Waals surface area contributed by atoms with Crippen molar-refractivity contribution in [1.29, 1.82) is 0 Å². The van der Waals surface area contributed by atoms with Crippen LogP contribution in [0.4, 0.5) is 23.7 Å². The quantitative estimate of drug-likeness (QED) is 0.266. The van der Waals surface area contributed by atoms with Gasteiger partial charge >= 0.3 is 11.9 Å². The number of alkyl halides is 3. The van der Waals surface area contributed by atoms with E-state index in [0.717, 1.165) is 22.7 Å². The number of nitrogens with zero attached hydrogens (tertiary/aromatic N) is 2. The van der Waals surface area contributed by atoms with Gasteiger partial charge in [0.15, 0.2) is 0 Å². The van der Waals surface area contributed by atoms with Gasteiger partial charge in [0.25, 0.3) is 11.1 Å². The number of carbonyl (C=O) groups is 2. The Hall–Kier alpha value is -2.86. The second-order valence-corrected chi connectivity index (χ2v) is 8.06. The molecule has 1 aliphatic heterocycles. The van der Waals surface area contributed by atoms with Gasteiger partial charge in [-0.3, -0.25) is 24.6 Å². The fourth-order valence-electron chi connectivity index (χ4n) is 2.68. The van der Waals surface area contributed by atoms with E-state index in [9.17, 15) is 32.9 Å². The first-order valence-corrected chi connectivity index (χ1v) is 10.2. The highest BCUT2D eigenvalue weighted by atomic mass is 79.9. The average Bonchev–Trinajstić information content (AvgIpc) is 2.95. The van der Waals surface area contributed by atoms with E-state index in [1.807, 2.05) is 0 Å². The van der Waals surface area contributed by atoms with Crippen LogP contribution in [0, 0.1) is 10.1 Å². The monoisotopic (exact) mass is 516 g/mol. The molecule has 0 spiro atoms. The third kappa shape index (κ3) is 4.90. The highest BCUT2D eigenvalue weighted by molar-refractivity contribution is 9.10. The van der Waals surface area contributed by atoms with Gasteiger partial charge < -0.3 is 4.74 Å². The van der Waals surface area contributed by atoms with Crippen LogP contribution in [0.15, 0.2) is 45.8 Å². The molecule has 0 saturated carbocycles. The Morgan fingerprint density at radius 1 is 1.19 bits per heavy atom. The molecule has 2 amide bonds. The molecule has 0 N–H and O–H groups in total. The van der Waals surface area contributed by atoms with Crippen molar-refractivity contribution in [2.24, 2.45) is 0 Å². The van der Waals surface area contributed by atoms with Gasteiger partial charge in [0, 0.05) is 22.6 Å². The number of amides is 2. The standard InChI is InChI=1S/C19H12BrF3N2O5S/c1-2-24-17(26)16(31-18(24)27)8-10-7-12(20)4-6-14(10)30-15-5-3-11(19(21,22)23)9-13(15)25(28)29/h3-9H,2H2,1H3/b16-8+. The highest BCUT2D eigenvalue weighted by Crippen LogP contribution is 2.40. The number of hydrogen-bond acceptors (Lipinski definition) is 6. The Morgan fingerprint density at radius 2 is 1.87 bits per heavy atom. The normalized spacial score (nSPS) is 15.6. The Labute approximate surface area is 186 Å². The molecule has 0 radical (unpaired) electrons. The van der Waals surface area contributed by atoms with Gasteiger partial charge in [-0.25, -0.2) is 0 Å². The van der Waals surface area contributed by atoms with E-state index in [0.29, 0.717) is 22.2 Å². The molecule has 1 heterocycles. The van der Waals surface area contributed by atoms with Crippen LogP contribution < -0.4 is 4.74 Å². The van der Waals surface area contributed by atoms with Gasteiger partial charge in [0.05, 0.1) is 15.4 Å². The summed E-state index contributed by atoms with van der Waals surface area (Å²) in [4.78, 5) is 35.8. The lowest BCUT2D eigenvalue weighted by molar-refractivity contribution is -0.385. The molecule has 0 atom stereocenters. The van der Waals surface area contributed by atoms with Crippen molar-refractivity contribution in [2.45, 2.75) is 13.1 Å². The van der Waals surface area contributed by atoms with E-state index in [2.05, 4.69) is 15.9 Å². The molecular weight excluding hydrogens is 505 g/mol. The fraction of sp³-hybridized carbons (Fsp3) is 0.158. The molecule has 3 rings (SSSR count). The van der Waals surface area contributed by atoms with Gasteiger partial charge in [-0.2, -0.15) is 13.2 Å². The number of nitro benzene ring substituents is 1. The lowest BCUT2D eigenvalue weighted by atomic mass is 10.1. The van der Waals surface area contributed by atoms with E-state index in [4.69, 9.17) is 4.74 Å². The number of halogens is 4. The molecule has 0 aromatic heterocycles. The molecule has 0 bridgehead atoms. The minimum Gasteiger partial charge on any atom is -0.449 e. The van der Waals surface area contributed by atoms with Crippen LogP contribution in [0.2, 0.25) is 0 Å². The Morgan fingerprint density at radius 3 is 2.45 bits per heavy atom. The number of rotatable bonds is 5. The van der Waals surface area contributed by atoms with Crippen molar-refractivity contribution >= 4 is 50.6 Å². The second-order valence-electron chi connectivity index (χ2n) is 6.15. The predicted molar refractivity (Wildman–Crippen MR) is 111 cm³/mol. The maximum atomic E-state index is 12.9. The summed E-state index contributed by atoms with van der Waals surface area (Å²) in [5.74, 6) is -0.852. The van der Waals surface area contributed by atoms with Gasteiger partial charge in [-0.05, 0) is 55.1 Å². The number of benzene rings is 2. The second kappa shape index (κ2) is 8.71. The molecule has 1 saturated heterocycles. The zero-order chi connectivity index (χ0) is 22.9. The predicted octanol–water partition coefficient (Wildman–Crippen LogP) is 6.22. The maximum absolute atomic E-state index is 12.9. The third-order valence-electron chi connectivity index (χ3n) is 4.15. The summed E-state index contributed by atoms with van der Waals surface area (Å²) in [6.07, 6.45) is -3.37. The Balaban J connectivity index is 2.03. The van der Waals surface area contributed by atoms with Crippen LogP contribution in [-0.2, 0) is 11.0 Å². The smallest absolute Gasteiger partial charge is 0.416 e. The number of hydrogen-bond donors (Lipinski definition) is 0. The molecule has 7 nitrogen and oxygen atoms in total. The van der Waals surface area contributed by atoms with E-state index in [1.54, 1.807) is 19.1 Å². The van der Waals surface area contributed by atoms with Crippen molar-refractivity contribution < 1.29 is 32.4 Å². The van der Waals surface area contributed by atoms with Crippen molar-refractivity contribution in [2.75, 3.05) is 6.54 Å². The summed E-state index contributed by atoms with van der Waals surface area (Å²) in [6.45, 7) is 1.85. The Kier molecular flexibility index (Phi) is 6.41. The first-order chi connectivity index (χ1) is 14.5. The molecule has 31 heavy (non-hydrogen) atoms. The number of carbonyl (C=O) groups excluding carboxylic acids is 2. The number of thioether (sulfide) groups is 1. The zero-order valence-corrected chi connectivity index (χ0v) is 18.0. The zero-order valence-electron chi connectivity index (χ0n) is 15.6. The summed E-state index contributed by atoms with van der Waals surface area (Å²) in [5, 5.41) is 10.9. The third-order valence-corrected chi connectivity index (χ3v) is 5.55. The van der Waals surface area contributed by atoms with Gasteiger partial charge in [0.2, 0.25) is 5.75 Å². The number of nitro groups is 1. The maximum Gasteiger partial charge on any atom is 0.416 e. The molecule has 1 aliphatic rings. The van der Waals surface area contributed by atoms with Crippen molar-refractivity contribution in [1.82, 2.24) is 4.90 Å². The molecule has 0 aliphatic carbocycles. The summed E-state index contributed by atoms with van der Waals surface area (Å²) in [7, 11) is 0. The number of ether oxygens (including phenoxy) is 1. The minimum atomic E-state index is -4.76. The highest BCUT2D eigenvalue weighted by Gasteiger charge is 2.35. The topological polar surface area (TPSA) is 89.8 Å². The van der Waals surface area contributed by atoms with Crippen LogP contribution in [0.5, 0.6) is 11.5 Å². The molecule has 12 heteroatoms. The largest absolute Gasteiger partial charge is 0.449 e. The van der Waals surface area contributed by atoms with Crippen molar-refractivity contribution in [3.63, 3.8) is 0 Å². The summed E-state index contributed by atoms with van der Waals surface area (Å²) >= 11 is 3.99. The van der Waals surface area contributed by atoms with Crippen LogP contribution in [0.3, 0.4) is 0 Å². The number of imide groups is 1. The van der Waals surface area contributed by atoms with Crippen LogP contribution >= 0.6 is 27.7 Å². The van der Waals surface area contributed by atoms with Crippen molar-refractivity contribution in [3.05, 3.63) is 67.0 Å². The summed E-state index contributed by atoms with van der Waals surface area (Å²) < 4.78 is 44.9. The SMILES string of the molecule is CCN1C(=O)S/C(=C/c2cc(Br)ccc2Oc2ccc(C(F)(F)F)cc2[N+](=O)[O-])C1=O. The first-order valence-electron chi connectivity index (χ1n) is 8.59.